The Kier molecular flexibility index (Phi) is 6.35. The molecule has 0 saturated carbocycles. The van der Waals surface area contributed by atoms with Crippen LogP contribution in [0.3, 0.4) is 0 Å². The molecule has 0 aliphatic carbocycles. The normalized spacial score (nSPS) is 22.5. The number of aryl methyl sites for hydroxylation is 1. The fourth-order valence-electron chi connectivity index (χ4n) is 5.04. The number of aliphatic hydroxyl groups excluding tert-OH is 1. The zero-order valence-corrected chi connectivity index (χ0v) is 20.5. The van der Waals surface area contributed by atoms with E-state index in [4.69, 9.17) is 4.74 Å². The number of thiophene rings is 1. The summed E-state index contributed by atoms with van der Waals surface area (Å²) in [5, 5.41) is 14.6. The maximum absolute atomic E-state index is 13.6. The number of fused-ring (bicyclic) bond motifs is 1. The summed E-state index contributed by atoms with van der Waals surface area (Å²) in [6.45, 7) is 7.13. The van der Waals surface area contributed by atoms with E-state index in [0.717, 1.165) is 62.9 Å². The maximum Gasteiger partial charge on any atom is 0.260 e. The van der Waals surface area contributed by atoms with Gasteiger partial charge in [0.2, 0.25) is 0 Å². The molecule has 1 saturated heterocycles. The predicted molar refractivity (Wildman–Crippen MR) is 134 cm³/mol. The number of rotatable bonds is 6. The highest BCUT2D eigenvalue weighted by Crippen LogP contribution is 2.45. The number of nitrogens with zero attached hydrogens (tertiary/aromatic N) is 1. The smallest absolute Gasteiger partial charge is 0.260 e. The Labute approximate surface area is 203 Å². The molecule has 0 unspecified atom stereocenters. The lowest BCUT2D eigenvalue weighted by atomic mass is 9.93. The van der Waals surface area contributed by atoms with Gasteiger partial charge in [-0.1, -0.05) is 0 Å². The minimum absolute atomic E-state index is 0.115. The van der Waals surface area contributed by atoms with Crippen molar-refractivity contribution in [3.63, 3.8) is 0 Å². The summed E-state index contributed by atoms with van der Waals surface area (Å²) in [4.78, 5) is 16.5. The number of piperidine rings is 1. The van der Waals surface area contributed by atoms with Crippen molar-refractivity contribution in [1.29, 1.82) is 0 Å². The Bertz CT molecular complexity index is 1160. The molecule has 3 aliphatic heterocycles. The van der Waals surface area contributed by atoms with Crippen LogP contribution < -0.4 is 5.32 Å². The zero-order valence-electron chi connectivity index (χ0n) is 19.7. The average molecular weight is 483 g/mol. The first-order valence-corrected chi connectivity index (χ1v) is 12.9. The van der Waals surface area contributed by atoms with E-state index in [2.05, 4.69) is 21.7 Å². The first kappa shape index (κ1) is 23.3. The summed E-state index contributed by atoms with van der Waals surface area (Å²) in [5.74, 6) is -0.116. The number of amides is 1. The molecule has 7 heteroatoms. The number of aliphatic hydroxyl groups is 1. The standard InChI is InChI=1S/C27H31FN2O3S/c1-27(2)22(15-24(33-27)25-21-7-6-18(28)14-23(21)29-26(25)32)17-13-20(34-16-17)5-3-4-10-30-11-8-19(31)9-12-30/h6-7,13-16,19,31H,3-5,8-12H2,1-2H3,(H,29,32)/b25-24+. The van der Waals surface area contributed by atoms with Crippen LogP contribution in [-0.2, 0) is 16.0 Å². The second-order valence-electron chi connectivity index (χ2n) is 9.89. The topological polar surface area (TPSA) is 61.8 Å². The van der Waals surface area contributed by atoms with Crippen molar-refractivity contribution in [3.05, 3.63) is 63.3 Å². The van der Waals surface area contributed by atoms with E-state index >= 15 is 0 Å². The van der Waals surface area contributed by atoms with Gasteiger partial charge in [-0.25, -0.2) is 4.39 Å². The second kappa shape index (κ2) is 9.29. The lowest BCUT2D eigenvalue weighted by molar-refractivity contribution is -0.111. The molecule has 5 nitrogen and oxygen atoms in total. The fraction of sp³-hybridized carbons (Fsp3) is 0.444. The number of unbranched alkanes of at least 4 members (excludes halogenated alkanes) is 1. The Morgan fingerprint density at radius 1 is 1.24 bits per heavy atom. The van der Waals surface area contributed by atoms with E-state index in [1.54, 1.807) is 17.4 Å². The van der Waals surface area contributed by atoms with Crippen molar-refractivity contribution in [1.82, 2.24) is 4.90 Å². The van der Waals surface area contributed by atoms with Crippen molar-refractivity contribution >= 4 is 34.1 Å². The Hall–Kier alpha value is -2.48. The summed E-state index contributed by atoms with van der Waals surface area (Å²) in [6.07, 6.45) is 6.98. The van der Waals surface area contributed by atoms with Gasteiger partial charge in [0.15, 0.2) is 0 Å². The minimum Gasteiger partial charge on any atom is -0.482 e. The van der Waals surface area contributed by atoms with Crippen molar-refractivity contribution in [2.45, 2.75) is 57.7 Å². The van der Waals surface area contributed by atoms with Crippen LogP contribution in [0.15, 0.2) is 41.5 Å². The first-order valence-electron chi connectivity index (χ1n) is 12.0. The lowest BCUT2D eigenvalue weighted by Crippen LogP contribution is -2.36. The highest BCUT2D eigenvalue weighted by Gasteiger charge is 2.38. The molecule has 2 N–H and O–H groups in total. The summed E-state index contributed by atoms with van der Waals surface area (Å²) < 4.78 is 19.9. The van der Waals surface area contributed by atoms with Gasteiger partial charge in [0.25, 0.3) is 5.91 Å². The average Bonchev–Trinajstić information content (AvgIpc) is 3.46. The van der Waals surface area contributed by atoms with Crippen LogP contribution in [-0.4, -0.2) is 47.3 Å². The van der Waals surface area contributed by atoms with Crippen molar-refractivity contribution < 1.29 is 19.0 Å². The van der Waals surface area contributed by atoms with E-state index in [1.807, 2.05) is 19.9 Å². The third kappa shape index (κ3) is 4.69. The molecule has 2 aromatic rings. The number of carbonyl (C=O) groups excluding carboxylic acids is 1. The van der Waals surface area contributed by atoms with Gasteiger partial charge in [0, 0.05) is 29.1 Å². The van der Waals surface area contributed by atoms with E-state index in [-0.39, 0.29) is 17.8 Å². The van der Waals surface area contributed by atoms with Crippen molar-refractivity contribution in [3.8, 4) is 0 Å². The number of anilines is 1. The predicted octanol–water partition coefficient (Wildman–Crippen LogP) is 5.22. The fourth-order valence-corrected chi connectivity index (χ4v) is 5.97. The number of benzene rings is 1. The molecular formula is C27H31FN2O3S. The number of nitrogens with one attached hydrogen (secondary N) is 1. The minimum atomic E-state index is -0.567. The van der Waals surface area contributed by atoms with Crippen molar-refractivity contribution in [2.75, 3.05) is 25.0 Å². The lowest BCUT2D eigenvalue weighted by Gasteiger charge is -2.29. The van der Waals surface area contributed by atoms with E-state index in [9.17, 15) is 14.3 Å². The number of halogens is 1. The SMILES string of the molecule is CC1(C)O/C(=C2/C(=O)Nc3cc(F)ccc32)C=C1c1csc(CCCCN2CCC(O)CC2)c1. The van der Waals surface area contributed by atoms with Crippen LogP contribution in [0.4, 0.5) is 10.1 Å². The molecular weight excluding hydrogens is 451 g/mol. The molecule has 0 atom stereocenters. The van der Waals surface area contributed by atoms with Gasteiger partial charge < -0.3 is 20.1 Å². The second-order valence-corrected chi connectivity index (χ2v) is 10.9. The number of hydrogen-bond donors (Lipinski definition) is 2. The summed E-state index contributed by atoms with van der Waals surface area (Å²) in [7, 11) is 0. The van der Waals surface area contributed by atoms with Gasteiger partial charge in [0.1, 0.15) is 17.2 Å². The number of likely N-dealkylation sites (tertiary alicyclic amines) is 1. The van der Waals surface area contributed by atoms with Crippen LogP contribution in [0.2, 0.25) is 0 Å². The molecule has 180 valence electrons. The molecule has 0 bridgehead atoms. The zero-order chi connectivity index (χ0) is 23.9. The third-order valence-corrected chi connectivity index (χ3v) is 7.93. The molecule has 3 aliphatic rings. The van der Waals surface area contributed by atoms with Gasteiger partial charge in [0.05, 0.1) is 17.4 Å². The quantitative estimate of drug-likeness (QED) is 0.438. The van der Waals surface area contributed by atoms with Gasteiger partial charge in [-0.2, -0.15) is 0 Å². The number of ether oxygens (including phenoxy) is 1. The molecule has 1 amide bonds. The van der Waals surface area contributed by atoms with E-state index in [0.29, 0.717) is 22.6 Å². The molecule has 1 aromatic carbocycles. The van der Waals surface area contributed by atoms with Gasteiger partial charge in [-0.3, -0.25) is 4.79 Å². The van der Waals surface area contributed by atoms with Gasteiger partial charge >= 0.3 is 0 Å². The van der Waals surface area contributed by atoms with Crippen LogP contribution in [0, 0.1) is 5.82 Å². The Balaban J connectivity index is 1.27. The van der Waals surface area contributed by atoms with Crippen LogP contribution in [0.25, 0.3) is 11.1 Å². The van der Waals surface area contributed by atoms with Crippen LogP contribution >= 0.6 is 11.3 Å². The summed E-state index contributed by atoms with van der Waals surface area (Å²) in [6, 6.07) is 6.57. The number of carbonyl (C=O) groups is 1. The molecule has 0 spiro atoms. The first-order chi connectivity index (χ1) is 16.3. The molecule has 1 fully saturated rings. The van der Waals surface area contributed by atoms with Crippen LogP contribution in [0.1, 0.15) is 55.5 Å². The molecule has 4 heterocycles. The molecule has 34 heavy (non-hydrogen) atoms. The van der Waals surface area contributed by atoms with Crippen LogP contribution in [0.5, 0.6) is 0 Å². The van der Waals surface area contributed by atoms with E-state index in [1.165, 1.54) is 17.0 Å². The highest BCUT2D eigenvalue weighted by atomic mass is 32.1. The van der Waals surface area contributed by atoms with Gasteiger partial charge in [-0.05, 0) is 93.8 Å². The van der Waals surface area contributed by atoms with Gasteiger partial charge in [-0.15, -0.1) is 11.3 Å². The Morgan fingerprint density at radius 3 is 2.82 bits per heavy atom. The summed E-state index contributed by atoms with van der Waals surface area (Å²) >= 11 is 1.77. The monoisotopic (exact) mass is 482 g/mol. The molecule has 1 aromatic heterocycles. The molecule has 5 rings (SSSR count). The third-order valence-electron chi connectivity index (χ3n) is 6.93. The number of allylic oxidation sites excluding steroid dienone is 1. The van der Waals surface area contributed by atoms with E-state index < -0.39 is 5.60 Å². The number of hydrogen-bond acceptors (Lipinski definition) is 5. The Morgan fingerprint density at radius 2 is 2.03 bits per heavy atom. The summed E-state index contributed by atoms with van der Waals surface area (Å²) in [5.41, 5.74) is 3.22. The van der Waals surface area contributed by atoms with Crippen molar-refractivity contribution in [2.24, 2.45) is 0 Å². The largest absolute Gasteiger partial charge is 0.482 e. The molecule has 0 radical (unpaired) electrons. The maximum atomic E-state index is 13.6. The highest BCUT2D eigenvalue weighted by molar-refractivity contribution is 7.10.